The van der Waals surface area contributed by atoms with Gasteiger partial charge in [0.15, 0.2) is 11.5 Å². The van der Waals surface area contributed by atoms with Crippen molar-refractivity contribution in [3.63, 3.8) is 0 Å². The SMILES string of the molecule is CCCCOc1ccc(CNC(=O)c2cccs2)cc1OC. The number of hydrogen-bond acceptors (Lipinski definition) is 4. The Bertz CT molecular complexity index is 596. The van der Waals surface area contributed by atoms with Gasteiger partial charge in [-0.15, -0.1) is 11.3 Å². The first-order valence-corrected chi connectivity index (χ1v) is 8.24. The lowest BCUT2D eigenvalue weighted by Crippen LogP contribution is -2.21. The van der Waals surface area contributed by atoms with Gasteiger partial charge in [0.25, 0.3) is 5.91 Å². The molecular weight excluding hydrogens is 298 g/mol. The molecule has 0 spiro atoms. The van der Waals surface area contributed by atoms with Gasteiger partial charge in [0.2, 0.25) is 0 Å². The van der Waals surface area contributed by atoms with Crippen molar-refractivity contribution in [2.24, 2.45) is 0 Å². The van der Waals surface area contributed by atoms with Crippen LogP contribution in [0.3, 0.4) is 0 Å². The van der Waals surface area contributed by atoms with Crippen molar-refractivity contribution in [3.8, 4) is 11.5 Å². The van der Waals surface area contributed by atoms with E-state index in [0.717, 1.165) is 24.2 Å². The Balaban J connectivity index is 1.95. The topological polar surface area (TPSA) is 47.6 Å². The first kappa shape index (κ1) is 16.4. The number of thiophene rings is 1. The van der Waals surface area contributed by atoms with Crippen LogP contribution in [0.5, 0.6) is 11.5 Å². The molecule has 0 aliphatic carbocycles. The number of methoxy groups -OCH3 is 1. The Morgan fingerprint density at radius 2 is 2.14 bits per heavy atom. The minimum Gasteiger partial charge on any atom is -0.493 e. The summed E-state index contributed by atoms with van der Waals surface area (Å²) in [6, 6.07) is 9.41. The molecule has 5 heteroatoms. The summed E-state index contributed by atoms with van der Waals surface area (Å²) in [5, 5.41) is 4.79. The molecule has 2 aromatic rings. The lowest BCUT2D eigenvalue weighted by molar-refractivity contribution is 0.0955. The fourth-order valence-corrected chi connectivity index (χ4v) is 2.58. The number of unbranched alkanes of at least 4 members (excludes halogenated alkanes) is 1. The van der Waals surface area contributed by atoms with Crippen LogP contribution in [0.15, 0.2) is 35.7 Å². The second kappa shape index (κ2) is 8.44. The lowest BCUT2D eigenvalue weighted by atomic mass is 10.2. The molecule has 0 fully saturated rings. The highest BCUT2D eigenvalue weighted by Crippen LogP contribution is 2.28. The molecule has 1 N–H and O–H groups in total. The van der Waals surface area contributed by atoms with Gasteiger partial charge in [-0.05, 0) is 35.6 Å². The van der Waals surface area contributed by atoms with Crippen molar-refractivity contribution < 1.29 is 14.3 Å². The number of ether oxygens (including phenoxy) is 2. The highest BCUT2D eigenvalue weighted by molar-refractivity contribution is 7.12. The number of hydrogen-bond donors (Lipinski definition) is 1. The molecule has 0 aliphatic heterocycles. The summed E-state index contributed by atoms with van der Waals surface area (Å²) in [4.78, 5) is 12.6. The highest BCUT2D eigenvalue weighted by atomic mass is 32.1. The number of carbonyl (C=O) groups excluding carboxylic acids is 1. The van der Waals surface area contributed by atoms with E-state index in [4.69, 9.17) is 9.47 Å². The van der Waals surface area contributed by atoms with Gasteiger partial charge < -0.3 is 14.8 Å². The Morgan fingerprint density at radius 3 is 2.82 bits per heavy atom. The molecule has 0 bridgehead atoms. The summed E-state index contributed by atoms with van der Waals surface area (Å²) in [5.74, 6) is 1.38. The van der Waals surface area contributed by atoms with E-state index in [1.807, 2.05) is 35.7 Å². The molecule has 0 unspecified atom stereocenters. The Kier molecular flexibility index (Phi) is 6.27. The van der Waals surface area contributed by atoms with Crippen molar-refractivity contribution in [3.05, 3.63) is 46.2 Å². The van der Waals surface area contributed by atoms with Crippen molar-refractivity contribution in [1.29, 1.82) is 0 Å². The number of amides is 1. The lowest BCUT2D eigenvalue weighted by Gasteiger charge is -2.12. The quantitative estimate of drug-likeness (QED) is 0.752. The van der Waals surface area contributed by atoms with Gasteiger partial charge in [0, 0.05) is 6.54 Å². The maximum Gasteiger partial charge on any atom is 0.261 e. The van der Waals surface area contributed by atoms with Gasteiger partial charge in [-0.3, -0.25) is 4.79 Å². The first-order chi connectivity index (χ1) is 10.7. The predicted octanol–water partition coefficient (Wildman–Crippen LogP) is 3.87. The van der Waals surface area contributed by atoms with Crippen LogP contribution in [0.1, 0.15) is 35.0 Å². The summed E-state index contributed by atoms with van der Waals surface area (Å²) >= 11 is 1.43. The maximum absolute atomic E-state index is 11.9. The monoisotopic (exact) mass is 319 g/mol. The minimum atomic E-state index is -0.0581. The van der Waals surface area contributed by atoms with Crippen LogP contribution in [0.4, 0.5) is 0 Å². The number of rotatable bonds is 8. The van der Waals surface area contributed by atoms with Crippen LogP contribution in [0, 0.1) is 0 Å². The number of nitrogens with one attached hydrogen (secondary N) is 1. The van der Waals surface area contributed by atoms with Gasteiger partial charge in [-0.2, -0.15) is 0 Å². The zero-order valence-corrected chi connectivity index (χ0v) is 13.7. The van der Waals surface area contributed by atoms with Gasteiger partial charge in [0.05, 0.1) is 18.6 Å². The molecular formula is C17H21NO3S. The number of carbonyl (C=O) groups is 1. The summed E-state index contributed by atoms with van der Waals surface area (Å²) in [7, 11) is 1.62. The van der Waals surface area contributed by atoms with Crippen molar-refractivity contribution in [2.45, 2.75) is 26.3 Å². The standard InChI is InChI=1S/C17H21NO3S/c1-3-4-9-21-14-8-7-13(11-15(14)20-2)12-18-17(19)16-6-5-10-22-16/h5-8,10-11H,3-4,9,12H2,1-2H3,(H,18,19). The third-order valence-corrected chi connectivity index (χ3v) is 4.05. The minimum absolute atomic E-state index is 0.0581. The molecule has 4 nitrogen and oxygen atoms in total. The van der Waals surface area contributed by atoms with E-state index >= 15 is 0 Å². The maximum atomic E-state index is 11.9. The molecule has 2 rings (SSSR count). The van der Waals surface area contributed by atoms with Crippen LogP contribution < -0.4 is 14.8 Å². The second-order valence-corrected chi connectivity index (χ2v) is 5.79. The van der Waals surface area contributed by atoms with E-state index in [1.165, 1.54) is 11.3 Å². The van der Waals surface area contributed by atoms with E-state index in [-0.39, 0.29) is 5.91 Å². The average Bonchev–Trinajstić information content (AvgIpc) is 3.08. The van der Waals surface area contributed by atoms with Gasteiger partial charge in [0.1, 0.15) is 0 Å². The average molecular weight is 319 g/mol. The molecule has 118 valence electrons. The summed E-state index contributed by atoms with van der Waals surface area (Å²) in [5.41, 5.74) is 0.976. The summed E-state index contributed by atoms with van der Waals surface area (Å²) in [6.45, 7) is 3.27. The van der Waals surface area contributed by atoms with Crippen molar-refractivity contribution >= 4 is 17.2 Å². The Hall–Kier alpha value is -2.01. The Morgan fingerprint density at radius 1 is 1.27 bits per heavy atom. The molecule has 1 heterocycles. The van der Waals surface area contributed by atoms with Gasteiger partial charge >= 0.3 is 0 Å². The third kappa shape index (κ3) is 4.49. The van der Waals surface area contributed by atoms with Crippen LogP contribution in [0.2, 0.25) is 0 Å². The summed E-state index contributed by atoms with van der Waals surface area (Å²) < 4.78 is 11.1. The molecule has 0 radical (unpaired) electrons. The van der Waals surface area contributed by atoms with E-state index in [9.17, 15) is 4.79 Å². The van der Waals surface area contributed by atoms with E-state index in [0.29, 0.717) is 23.8 Å². The predicted molar refractivity (Wildman–Crippen MR) is 88.9 cm³/mol. The highest BCUT2D eigenvalue weighted by Gasteiger charge is 2.08. The summed E-state index contributed by atoms with van der Waals surface area (Å²) in [6.07, 6.45) is 2.11. The molecule has 1 aromatic carbocycles. The van der Waals surface area contributed by atoms with Crippen LogP contribution in [-0.4, -0.2) is 19.6 Å². The van der Waals surface area contributed by atoms with E-state index < -0.39 is 0 Å². The van der Waals surface area contributed by atoms with Crippen LogP contribution >= 0.6 is 11.3 Å². The van der Waals surface area contributed by atoms with Crippen molar-refractivity contribution in [1.82, 2.24) is 5.32 Å². The molecule has 0 aliphatic rings. The molecule has 0 saturated heterocycles. The second-order valence-electron chi connectivity index (χ2n) is 4.85. The van der Waals surface area contributed by atoms with Gasteiger partial charge in [-0.1, -0.05) is 25.5 Å². The molecule has 1 amide bonds. The van der Waals surface area contributed by atoms with Crippen molar-refractivity contribution in [2.75, 3.05) is 13.7 Å². The molecule has 22 heavy (non-hydrogen) atoms. The van der Waals surface area contributed by atoms with Crippen LogP contribution in [0.25, 0.3) is 0 Å². The normalized spacial score (nSPS) is 10.3. The largest absolute Gasteiger partial charge is 0.493 e. The fourth-order valence-electron chi connectivity index (χ4n) is 1.94. The smallest absolute Gasteiger partial charge is 0.261 e. The molecule has 1 aromatic heterocycles. The fraction of sp³-hybridized carbons (Fsp3) is 0.353. The molecule has 0 atom stereocenters. The van der Waals surface area contributed by atoms with Gasteiger partial charge in [-0.25, -0.2) is 0 Å². The zero-order chi connectivity index (χ0) is 15.8. The van der Waals surface area contributed by atoms with E-state index in [1.54, 1.807) is 7.11 Å². The zero-order valence-electron chi connectivity index (χ0n) is 12.9. The first-order valence-electron chi connectivity index (χ1n) is 7.36. The Labute approximate surface area is 135 Å². The molecule has 0 saturated carbocycles. The third-order valence-electron chi connectivity index (χ3n) is 3.18. The van der Waals surface area contributed by atoms with Crippen LogP contribution in [-0.2, 0) is 6.54 Å². The van der Waals surface area contributed by atoms with E-state index in [2.05, 4.69) is 12.2 Å². The number of benzene rings is 1.